The molecular weight excluding hydrogens is 435 g/mol. The van der Waals surface area contributed by atoms with E-state index < -0.39 is 17.8 Å². The molecule has 3 aromatic rings. The number of benzene rings is 1. The quantitative estimate of drug-likeness (QED) is 0.411. The van der Waals surface area contributed by atoms with E-state index >= 15 is 0 Å². The Bertz CT molecular complexity index is 1130. The molecule has 0 saturated heterocycles. The SMILES string of the molecule is C[C@@H](Nc1nc(Cl)nc2c1CN(C(=O)c1cnc[nH]1)C2)c1cc(N)cc(C(F)(F)F)c1. The van der Waals surface area contributed by atoms with Crippen molar-refractivity contribution in [3.05, 3.63) is 64.1 Å². The summed E-state index contributed by atoms with van der Waals surface area (Å²) in [5.41, 5.74) is 6.70. The van der Waals surface area contributed by atoms with E-state index in [1.807, 2.05) is 0 Å². The Hall–Kier alpha value is -3.34. The third-order valence-corrected chi connectivity index (χ3v) is 5.10. The first-order valence-electron chi connectivity index (χ1n) is 9.19. The van der Waals surface area contributed by atoms with Crippen LogP contribution in [-0.4, -0.2) is 30.7 Å². The van der Waals surface area contributed by atoms with Gasteiger partial charge in [-0.15, -0.1) is 0 Å². The fourth-order valence-electron chi connectivity index (χ4n) is 3.41. The Morgan fingerprint density at radius 2 is 2.06 bits per heavy atom. The number of nitrogen functional groups attached to an aromatic ring is 1. The van der Waals surface area contributed by atoms with Crippen molar-refractivity contribution in [1.82, 2.24) is 24.8 Å². The molecule has 0 radical (unpaired) electrons. The summed E-state index contributed by atoms with van der Waals surface area (Å²) in [5.74, 6) is 0.0784. The van der Waals surface area contributed by atoms with E-state index in [4.69, 9.17) is 17.3 Å². The maximum atomic E-state index is 13.1. The van der Waals surface area contributed by atoms with Crippen molar-refractivity contribution < 1.29 is 18.0 Å². The summed E-state index contributed by atoms with van der Waals surface area (Å²) >= 11 is 6.04. The average molecular weight is 452 g/mol. The van der Waals surface area contributed by atoms with E-state index in [1.54, 1.807) is 11.8 Å². The summed E-state index contributed by atoms with van der Waals surface area (Å²) in [7, 11) is 0. The number of aromatic amines is 1. The number of fused-ring (bicyclic) bond motifs is 1. The van der Waals surface area contributed by atoms with Gasteiger partial charge < -0.3 is 20.9 Å². The zero-order chi connectivity index (χ0) is 22.3. The predicted molar refractivity (Wildman–Crippen MR) is 107 cm³/mol. The maximum Gasteiger partial charge on any atom is 0.416 e. The van der Waals surface area contributed by atoms with Gasteiger partial charge in [-0.05, 0) is 42.3 Å². The Morgan fingerprint density at radius 3 is 2.74 bits per heavy atom. The Kier molecular flexibility index (Phi) is 5.21. The number of nitrogens with one attached hydrogen (secondary N) is 2. The molecule has 31 heavy (non-hydrogen) atoms. The molecule has 1 aliphatic heterocycles. The van der Waals surface area contributed by atoms with Gasteiger partial charge >= 0.3 is 6.18 Å². The zero-order valence-corrected chi connectivity index (χ0v) is 16.9. The molecule has 1 aromatic carbocycles. The summed E-state index contributed by atoms with van der Waals surface area (Å²) in [6, 6.07) is 2.81. The van der Waals surface area contributed by atoms with Crippen LogP contribution in [0.4, 0.5) is 24.7 Å². The molecule has 1 aliphatic rings. The van der Waals surface area contributed by atoms with Gasteiger partial charge in [0.15, 0.2) is 0 Å². The third-order valence-electron chi connectivity index (χ3n) is 4.93. The van der Waals surface area contributed by atoms with Crippen LogP contribution in [0, 0.1) is 0 Å². The van der Waals surface area contributed by atoms with Crippen LogP contribution in [0.2, 0.25) is 5.28 Å². The fourth-order valence-corrected chi connectivity index (χ4v) is 3.60. The number of aromatic nitrogens is 4. The maximum absolute atomic E-state index is 13.1. The summed E-state index contributed by atoms with van der Waals surface area (Å²) in [6.07, 6.45) is -1.69. The second-order valence-corrected chi connectivity index (χ2v) is 7.48. The minimum Gasteiger partial charge on any atom is -0.399 e. The topological polar surface area (TPSA) is 113 Å². The number of carbonyl (C=O) groups is 1. The molecule has 0 fully saturated rings. The van der Waals surface area contributed by atoms with Crippen LogP contribution in [0.15, 0.2) is 30.7 Å². The van der Waals surface area contributed by atoms with Crippen molar-refractivity contribution in [3.8, 4) is 0 Å². The van der Waals surface area contributed by atoms with Gasteiger partial charge in [0, 0.05) is 11.3 Å². The standard InChI is InChI=1S/C19H17ClF3N7O/c1-9(10-2-11(19(21,22)23)4-12(24)3-10)27-16-13-6-30(7-15(13)28-18(20)29-16)17(31)14-5-25-8-26-14/h2-5,8-9H,6-7,24H2,1H3,(H,25,26)(H,27,28,29)/t9-/m1/s1. The monoisotopic (exact) mass is 451 g/mol. The van der Waals surface area contributed by atoms with Crippen molar-refractivity contribution in [1.29, 1.82) is 0 Å². The number of hydrogen-bond donors (Lipinski definition) is 3. The lowest BCUT2D eigenvalue weighted by atomic mass is 10.0. The van der Waals surface area contributed by atoms with Crippen LogP contribution >= 0.6 is 11.6 Å². The summed E-state index contributed by atoms with van der Waals surface area (Å²) in [6.45, 7) is 2.11. The van der Waals surface area contributed by atoms with E-state index in [-0.39, 0.29) is 30.0 Å². The molecule has 2 aromatic heterocycles. The van der Waals surface area contributed by atoms with Gasteiger partial charge in [-0.25, -0.2) is 15.0 Å². The van der Waals surface area contributed by atoms with E-state index in [0.717, 1.165) is 12.1 Å². The molecule has 4 N–H and O–H groups in total. The number of hydrogen-bond acceptors (Lipinski definition) is 6. The highest BCUT2D eigenvalue weighted by molar-refractivity contribution is 6.28. The third kappa shape index (κ3) is 4.26. The first kappa shape index (κ1) is 20.9. The smallest absolute Gasteiger partial charge is 0.399 e. The van der Waals surface area contributed by atoms with Crippen LogP contribution in [0.3, 0.4) is 0 Å². The number of anilines is 2. The molecule has 0 saturated carbocycles. The molecule has 0 spiro atoms. The number of carbonyl (C=O) groups excluding carboxylic acids is 1. The highest BCUT2D eigenvalue weighted by atomic mass is 35.5. The normalized spacial score (nSPS) is 14.4. The van der Waals surface area contributed by atoms with Crippen molar-refractivity contribution >= 4 is 29.0 Å². The van der Waals surface area contributed by atoms with E-state index in [9.17, 15) is 18.0 Å². The Morgan fingerprint density at radius 1 is 1.29 bits per heavy atom. The molecule has 3 heterocycles. The highest BCUT2D eigenvalue weighted by Crippen LogP contribution is 2.35. The molecule has 1 amide bonds. The lowest BCUT2D eigenvalue weighted by molar-refractivity contribution is -0.137. The second kappa shape index (κ2) is 7.73. The van der Waals surface area contributed by atoms with Crippen LogP contribution in [-0.2, 0) is 19.3 Å². The first-order valence-corrected chi connectivity index (χ1v) is 9.56. The molecule has 12 heteroatoms. The second-order valence-electron chi connectivity index (χ2n) is 7.15. The predicted octanol–water partition coefficient (Wildman–Crippen LogP) is 3.78. The number of amides is 1. The lowest BCUT2D eigenvalue weighted by Crippen LogP contribution is -2.25. The van der Waals surface area contributed by atoms with Crippen LogP contribution < -0.4 is 11.1 Å². The molecule has 162 valence electrons. The molecule has 8 nitrogen and oxygen atoms in total. The van der Waals surface area contributed by atoms with Crippen LogP contribution in [0.5, 0.6) is 0 Å². The van der Waals surface area contributed by atoms with Crippen molar-refractivity contribution in [2.24, 2.45) is 0 Å². The van der Waals surface area contributed by atoms with Gasteiger partial charge in [-0.3, -0.25) is 4.79 Å². The number of H-pyrrole nitrogens is 1. The van der Waals surface area contributed by atoms with E-state index in [2.05, 4.69) is 25.3 Å². The van der Waals surface area contributed by atoms with Gasteiger partial charge in [0.2, 0.25) is 5.28 Å². The Balaban J connectivity index is 1.60. The number of imidazole rings is 1. The zero-order valence-electron chi connectivity index (χ0n) is 16.2. The number of rotatable bonds is 4. The van der Waals surface area contributed by atoms with Gasteiger partial charge in [0.05, 0.1) is 42.9 Å². The molecule has 1 atom stereocenters. The van der Waals surface area contributed by atoms with Gasteiger partial charge in [0.1, 0.15) is 11.5 Å². The van der Waals surface area contributed by atoms with Crippen LogP contribution in [0.25, 0.3) is 0 Å². The number of halogens is 4. The molecular formula is C19H17ClF3N7O. The summed E-state index contributed by atoms with van der Waals surface area (Å²) in [5, 5.41) is 3.05. The number of alkyl halides is 3. The molecule has 4 rings (SSSR count). The minimum atomic E-state index is -4.52. The first-order chi connectivity index (χ1) is 14.6. The van der Waals surface area contributed by atoms with Gasteiger partial charge in [0.25, 0.3) is 5.91 Å². The number of nitrogens with two attached hydrogens (primary N) is 1. The van der Waals surface area contributed by atoms with Gasteiger partial charge in [-0.2, -0.15) is 13.2 Å². The van der Waals surface area contributed by atoms with Crippen molar-refractivity contribution in [2.45, 2.75) is 32.2 Å². The summed E-state index contributed by atoms with van der Waals surface area (Å²) in [4.78, 5) is 29.2. The van der Waals surface area contributed by atoms with Crippen LogP contribution in [0.1, 0.15) is 45.8 Å². The molecule has 0 unspecified atom stereocenters. The van der Waals surface area contributed by atoms with Gasteiger partial charge in [-0.1, -0.05) is 0 Å². The van der Waals surface area contributed by atoms with Crippen molar-refractivity contribution in [3.63, 3.8) is 0 Å². The average Bonchev–Trinajstić information content (AvgIpc) is 3.36. The van der Waals surface area contributed by atoms with E-state index in [0.29, 0.717) is 28.3 Å². The fraction of sp³-hybridized carbons (Fsp3) is 0.263. The number of nitrogens with zero attached hydrogens (tertiary/aromatic N) is 4. The van der Waals surface area contributed by atoms with Crippen molar-refractivity contribution in [2.75, 3.05) is 11.1 Å². The highest BCUT2D eigenvalue weighted by Gasteiger charge is 2.32. The van der Waals surface area contributed by atoms with E-state index in [1.165, 1.54) is 18.6 Å². The molecule has 0 bridgehead atoms. The summed E-state index contributed by atoms with van der Waals surface area (Å²) < 4.78 is 39.4. The largest absolute Gasteiger partial charge is 0.416 e. The molecule has 0 aliphatic carbocycles. The minimum absolute atomic E-state index is 0.000697. The lowest BCUT2D eigenvalue weighted by Gasteiger charge is -2.19. The Labute approximate surface area is 179 Å².